The Bertz CT molecular complexity index is 612. The number of piperidine rings is 1. The fourth-order valence-corrected chi connectivity index (χ4v) is 3.18. The van der Waals surface area contributed by atoms with Gasteiger partial charge < -0.3 is 5.73 Å². The quantitative estimate of drug-likeness (QED) is 0.889. The van der Waals surface area contributed by atoms with Crippen molar-refractivity contribution in [3.63, 3.8) is 0 Å². The summed E-state index contributed by atoms with van der Waals surface area (Å²) in [5, 5.41) is 13.3. The summed E-state index contributed by atoms with van der Waals surface area (Å²) in [7, 11) is 1.90. The number of aromatic nitrogens is 5. The molecular formula is C14H22ClN7. The van der Waals surface area contributed by atoms with Gasteiger partial charge in [0.25, 0.3) is 0 Å². The van der Waals surface area contributed by atoms with Gasteiger partial charge in [-0.1, -0.05) is 16.8 Å². The van der Waals surface area contributed by atoms with Crippen LogP contribution in [0.3, 0.4) is 0 Å². The zero-order valence-electron chi connectivity index (χ0n) is 12.8. The van der Waals surface area contributed by atoms with Crippen molar-refractivity contribution in [2.24, 2.45) is 18.7 Å². The van der Waals surface area contributed by atoms with Gasteiger partial charge in [0, 0.05) is 39.1 Å². The molecule has 0 spiro atoms. The first kappa shape index (κ1) is 15.5. The van der Waals surface area contributed by atoms with Gasteiger partial charge in [0.05, 0.1) is 16.4 Å². The van der Waals surface area contributed by atoms with Gasteiger partial charge in [0.1, 0.15) is 0 Å². The van der Waals surface area contributed by atoms with Crippen LogP contribution >= 0.6 is 11.6 Å². The van der Waals surface area contributed by atoms with E-state index in [2.05, 4.69) is 20.3 Å². The maximum absolute atomic E-state index is 6.18. The summed E-state index contributed by atoms with van der Waals surface area (Å²) in [6, 6.07) is 0. The third kappa shape index (κ3) is 3.66. The molecule has 0 saturated carbocycles. The van der Waals surface area contributed by atoms with Crippen LogP contribution in [0.4, 0.5) is 0 Å². The normalized spacial score (nSPS) is 17.2. The van der Waals surface area contributed by atoms with Crippen molar-refractivity contribution >= 4 is 11.6 Å². The van der Waals surface area contributed by atoms with Crippen LogP contribution in [0.2, 0.25) is 5.02 Å². The summed E-state index contributed by atoms with van der Waals surface area (Å²) in [5.41, 5.74) is 7.37. The Morgan fingerprint density at radius 1 is 1.32 bits per heavy atom. The Kier molecular flexibility index (Phi) is 4.75. The number of nitrogens with two attached hydrogens (primary N) is 1. The van der Waals surface area contributed by atoms with Crippen LogP contribution in [0.15, 0.2) is 12.4 Å². The van der Waals surface area contributed by atoms with Crippen LogP contribution in [0.5, 0.6) is 0 Å². The summed E-state index contributed by atoms with van der Waals surface area (Å²) >= 11 is 6.18. The summed E-state index contributed by atoms with van der Waals surface area (Å²) < 4.78 is 3.68. The minimum atomic E-state index is 0.448. The molecule has 0 radical (unpaired) electrons. The Morgan fingerprint density at radius 2 is 2.09 bits per heavy atom. The molecule has 0 unspecified atom stereocenters. The summed E-state index contributed by atoms with van der Waals surface area (Å²) in [4.78, 5) is 2.41. The zero-order valence-corrected chi connectivity index (χ0v) is 13.6. The van der Waals surface area contributed by atoms with E-state index in [1.54, 1.807) is 4.68 Å². The number of nitrogens with zero attached hydrogens (tertiary/aromatic N) is 6. The molecule has 8 heteroatoms. The number of aryl methyl sites for hydroxylation is 1. The Hall–Kier alpha value is -1.44. The van der Waals surface area contributed by atoms with Crippen LogP contribution in [0.25, 0.3) is 0 Å². The molecule has 0 bridgehead atoms. The van der Waals surface area contributed by atoms with Crippen molar-refractivity contribution < 1.29 is 0 Å². The van der Waals surface area contributed by atoms with E-state index in [9.17, 15) is 0 Å². The minimum absolute atomic E-state index is 0.448. The van der Waals surface area contributed by atoms with Crippen LogP contribution in [0.1, 0.15) is 24.2 Å². The molecule has 3 rings (SSSR count). The lowest BCUT2D eigenvalue weighted by Gasteiger charge is -2.31. The number of rotatable bonds is 5. The fourth-order valence-electron chi connectivity index (χ4n) is 2.94. The summed E-state index contributed by atoms with van der Waals surface area (Å²) in [6.07, 6.45) is 6.11. The first-order chi connectivity index (χ1) is 10.6. The molecule has 7 nitrogen and oxygen atoms in total. The van der Waals surface area contributed by atoms with E-state index in [1.165, 1.54) is 0 Å². The predicted molar refractivity (Wildman–Crippen MR) is 84.1 cm³/mol. The molecule has 0 aliphatic carbocycles. The predicted octanol–water partition coefficient (Wildman–Crippen LogP) is 1.04. The first-order valence-electron chi connectivity index (χ1n) is 7.63. The number of hydrogen-bond donors (Lipinski definition) is 1. The number of halogens is 1. The van der Waals surface area contributed by atoms with E-state index in [0.717, 1.165) is 55.4 Å². The van der Waals surface area contributed by atoms with Crippen LogP contribution < -0.4 is 5.73 Å². The van der Waals surface area contributed by atoms with E-state index in [-0.39, 0.29) is 0 Å². The van der Waals surface area contributed by atoms with Crippen molar-refractivity contribution in [1.29, 1.82) is 0 Å². The van der Waals surface area contributed by atoms with Gasteiger partial charge in [-0.05, 0) is 31.8 Å². The highest BCUT2D eigenvalue weighted by Crippen LogP contribution is 2.22. The van der Waals surface area contributed by atoms with Gasteiger partial charge in [-0.3, -0.25) is 14.3 Å². The first-order valence-corrected chi connectivity index (χ1v) is 8.01. The molecule has 2 aromatic heterocycles. The van der Waals surface area contributed by atoms with Gasteiger partial charge in [0.2, 0.25) is 0 Å². The molecular weight excluding hydrogens is 302 g/mol. The second kappa shape index (κ2) is 6.76. The van der Waals surface area contributed by atoms with Gasteiger partial charge in [-0.15, -0.1) is 5.10 Å². The average molecular weight is 324 g/mol. The van der Waals surface area contributed by atoms with Crippen molar-refractivity contribution in [3.05, 3.63) is 28.8 Å². The van der Waals surface area contributed by atoms with Crippen LogP contribution in [-0.2, 0) is 26.7 Å². The highest BCUT2D eigenvalue weighted by Gasteiger charge is 2.21. The Morgan fingerprint density at radius 3 is 2.68 bits per heavy atom. The lowest BCUT2D eigenvalue weighted by atomic mass is 9.97. The topological polar surface area (TPSA) is 77.8 Å². The largest absolute Gasteiger partial charge is 0.325 e. The third-order valence-corrected chi connectivity index (χ3v) is 4.49. The maximum atomic E-state index is 6.18. The van der Waals surface area contributed by atoms with Crippen molar-refractivity contribution in [2.75, 3.05) is 13.1 Å². The summed E-state index contributed by atoms with van der Waals surface area (Å²) in [6.45, 7) is 4.33. The maximum Gasteiger partial charge on any atom is 0.0962 e. The highest BCUT2D eigenvalue weighted by molar-refractivity contribution is 6.31. The van der Waals surface area contributed by atoms with Crippen molar-refractivity contribution in [3.8, 4) is 0 Å². The second-order valence-electron chi connectivity index (χ2n) is 5.95. The van der Waals surface area contributed by atoms with Crippen LogP contribution in [-0.4, -0.2) is 42.8 Å². The lowest BCUT2D eigenvalue weighted by Crippen LogP contribution is -2.34. The lowest BCUT2D eigenvalue weighted by molar-refractivity contribution is 0.162. The SMILES string of the molecule is Cn1cc(Cl)c(CN2CCC(Cn3cc(CN)nn3)CC2)n1. The molecule has 1 aliphatic heterocycles. The Labute approximate surface area is 135 Å². The number of likely N-dealkylation sites (tertiary alicyclic amines) is 1. The molecule has 22 heavy (non-hydrogen) atoms. The van der Waals surface area contributed by atoms with Gasteiger partial charge in [-0.2, -0.15) is 5.10 Å². The molecule has 2 aromatic rings. The molecule has 1 saturated heterocycles. The minimum Gasteiger partial charge on any atom is -0.325 e. The number of hydrogen-bond acceptors (Lipinski definition) is 5. The summed E-state index contributed by atoms with van der Waals surface area (Å²) in [5.74, 6) is 0.641. The van der Waals surface area contributed by atoms with Gasteiger partial charge in [-0.25, -0.2) is 0 Å². The van der Waals surface area contributed by atoms with Crippen molar-refractivity contribution in [2.45, 2.75) is 32.5 Å². The van der Waals surface area contributed by atoms with E-state index in [0.29, 0.717) is 12.5 Å². The highest BCUT2D eigenvalue weighted by atomic mass is 35.5. The molecule has 0 atom stereocenters. The second-order valence-corrected chi connectivity index (χ2v) is 6.36. The molecule has 120 valence electrons. The molecule has 1 aliphatic rings. The molecule has 3 heterocycles. The Balaban J connectivity index is 1.48. The van der Waals surface area contributed by atoms with Crippen molar-refractivity contribution in [1.82, 2.24) is 29.7 Å². The zero-order chi connectivity index (χ0) is 15.5. The van der Waals surface area contributed by atoms with Gasteiger partial charge in [0.15, 0.2) is 0 Å². The van der Waals surface area contributed by atoms with E-state index in [4.69, 9.17) is 17.3 Å². The molecule has 0 aromatic carbocycles. The van der Waals surface area contributed by atoms with E-state index >= 15 is 0 Å². The molecule has 1 fully saturated rings. The van der Waals surface area contributed by atoms with Crippen LogP contribution in [0, 0.1) is 5.92 Å². The standard InChI is InChI=1S/C14H22ClN7/c1-20-9-13(15)14(18-20)10-21-4-2-11(3-5-21)7-22-8-12(6-16)17-19-22/h8-9,11H,2-7,10,16H2,1H3. The van der Waals surface area contributed by atoms with Gasteiger partial charge >= 0.3 is 0 Å². The monoisotopic (exact) mass is 323 g/mol. The molecule has 2 N–H and O–H groups in total. The van der Waals surface area contributed by atoms with E-state index in [1.807, 2.05) is 24.1 Å². The average Bonchev–Trinajstić information content (AvgIpc) is 3.08. The smallest absolute Gasteiger partial charge is 0.0962 e. The molecule has 0 amide bonds. The van der Waals surface area contributed by atoms with E-state index < -0.39 is 0 Å². The third-order valence-electron chi connectivity index (χ3n) is 4.18. The fraction of sp³-hybridized carbons (Fsp3) is 0.643.